The van der Waals surface area contributed by atoms with Crippen LogP contribution in [-0.4, -0.2) is 12.5 Å². The van der Waals surface area contributed by atoms with Gasteiger partial charge in [-0.25, -0.2) is 0 Å². The number of nitrogens with one attached hydrogen (secondary N) is 1. The van der Waals surface area contributed by atoms with Crippen molar-refractivity contribution >= 4 is 29.7 Å². The monoisotopic (exact) mass is 366 g/mol. The van der Waals surface area contributed by atoms with Gasteiger partial charge in [0, 0.05) is 23.9 Å². The molecule has 0 radical (unpaired) electrons. The topological polar surface area (TPSA) is 55.1 Å². The second-order valence-electron chi connectivity index (χ2n) is 6.16. The molecule has 0 aliphatic carbocycles. The highest BCUT2D eigenvalue weighted by atomic mass is 35.5. The van der Waals surface area contributed by atoms with E-state index in [2.05, 4.69) is 54.9 Å². The number of amides is 1. The molecule has 1 atom stereocenters. The summed E-state index contributed by atoms with van der Waals surface area (Å²) >= 11 is 1.74. The van der Waals surface area contributed by atoms with Gasteiger partial charge in [0.2, 0.25) is 5.91 Å². The van der Waals surface area contributed by atoms with Crippen molar-refractivity contribution in [2.75, 3.05) is 6.54 Å². The normalized spacial score (nSPS) is 11.8. The summed E-state index contributed by atoms with van der Waals surface area (Å²) in [5.41, 5.74) is 8.53. The molecular weight excluding hydrogens is 340 g/mol. The number of rotatable bonds is 8. The summed E-state index contributed by atoms with van der Waals surface area (Å²) in [6.07, 6.45) is 2.40. The van der Waals surface area contributed by atoms with Gasteiger partial charge in [0.05, 0.1) is 0 Å². The van der Waals surface area contributed by atoms with E-state index in [4.69, 9.17) is 5.73 Å². The Hall–Kier alpha value is -1.36. The van der Waals surface area contributed by atoms with E-state index in [1.165, 1.54) is 10.4 Å². The fraction of sp³-hybridized carbons (Fsp3) is 0.421. The second kappa shape index (κ2) is 10.5. The van der Waals surface area contributed by atoms with Gasteiger partial charge in [-0.15, -0.1) is 23.7 Å². The van der Waals surface area contributed by atoms with E-state index in [1.54, 1.807) is 11.3 Å². The third kappa shape index (κ3) is 6.63. The Balaban J connectivity index is 0.00000288. The van der Waals surface area contributed by atoms with Crippen LogP contribution in [0.2, 0.25) is 0 Å². The van der Waals surface area contributed by atoms with Gasteiger partial charge in [0.25, 0.3) is 0 Å². The van der Waals surface area contributed by atoms with E-state index in [0.29, 0.717) is 18.9 Å². The largest absolute Gasteiger partial charge is 0.354 e. The highest BCUT2D eigenvalue weighted by Gasteiger charge is 2.09. The quantitative estimate of drug-likeness (QED) is 0.726. The Morgan fingerprint density at radius 1 is 1.17 bits per heavy atom. The Morgan fingerprint density at radius 2 is 1.83 bits per heavy atom. The molecule has 5 heteroatoms. The molecule has 2 aromatic rings. The fourth-order valence-electron chi connectivity index (χ4n) is 2.44. The van der Waals surface area contributed by atoms with Crippen molar-refractivity contribution in [1.29, 1.82) is 0 Å². The SMILES string of the molecule is CC(C)c1ccc(C(N)CNC(=O)CCCc2cccs2)cc1.Cl. The van der Waals surface area contributed by atoms with Gasteiger partial charge < -0.3 is 11.1 Å². The smallest absolute Gasteiger partial charge is 0.220 e. The highest BCUT2D eigenvalue weighted by molar-refractivity contribution is 7.09. The summed E-state index contributed by atoms with van der Waals surface area (Å²) in [7, 11) is 0. The van der Waals surface area contributed by atoms with Crippen LogP contribution in [0.15, 0.2) is 41.8 Å². The van der Waals surface area contributed by atoms with Crippen LogP contribution in [0.5, 0.6) is 0 Å². The van der Waals surface area contributed by atoms with Gasteiger partial charge in [0.15, 0.2) is 0 Å². The van der Waals surface area contributed by atoms with Crippen molar-refractivity contribution in [2.24, 2.45) is 5.73 Å². The lowest BCUT2D eigenvalue weighted by atomic mass is 9.99. The number of nitrogens with two attached hydrogens (primary N) is 1. The second-order valence-corrected chi connectivity index (χ2v) is 7.20. The maximum absolute atomic E-state index is 11.9. The number of benzene rings is 1. The van der Waals surface area contributed by atoms with Crippen LogP contribution in [0.25, 0.3) is 0 Å². The predicted octanol–water partition coefficient (Wildman–Crippen LogP) is 4.43. The minimum absolute atomic E-state index is 0. The summed E-state index contributed by atoms with van der Waals surface area (Å²) in [4.78, 5) is 13.2. The zero-order valence-corrected chi connectivity index (χ0v) is 16.0. The summed E-state index contributed by atoms with van der Waals surface area (Å²) in [6.45, 7) is 4.83. The third-order valence-electron chi connectivity index (χ3n) is 3.96. The van der Waals surface area contributed by atoms with E-state index >= 15 is 0 Å². The van der Waals surface area contributed by atoms with Crippen molar-refractivity contribution < 1.29 is 4.79 Å². The van der Waals surface area contributed by atoms with Crippen molar-refractivity contribution in [3.05, 3.63) is 57.8 Å². The summed E-state index contributed by atoms with van der Waals surface area (Å²) in [6, 6.07) is 12.3. The Kier molecular flexibility index (Phi) is 9.04. The summed E-state index contributed by atoms with van der Waals surface area (Å²) < 4.78 is 0. The first-order chi connectivity index (χ1) is 11.1. The molecule has 0 fully saturated rings. The van der Waals surface area contributed by atoms with E-state index in [0.717, 1.165) is 18.4 Å². The lowest BCUT2D eigenvalue weighted by Crippen LogP contribution is -2.31. The molecule has 0 aliphatic heterocycles. The first kappa shape index (κ1) is 20.7. The fourth-order valence-corrected chi connectivity index (χ4v) is 3.19. The molecule has 1 amide bonds. The van der Waals surface area contributed by atoms with Crippen molar-refractivity contribution in [2.45, 2.75) is 45.1 Å². The van der Waals surface area contributed by atoms with E-state index in [-0.39, 0.29) is 24.4 Å². The molecule has 132 valence electrons. The minimum Gasteiger partial charge on any atom is -0.354 e. The first-order valence-electron chi connectivity index (χ1n) is 8.20. The Bertz CT molecular complexity index is 596. The zero-order chi connectivity index (χ0) is 16.7. The highest BCUT2D eigenvalue weighted by Crippen LogP contribution is 2.17. The molecule has 2 rings (SSSR count). The van der Waals surface area contributed by atoms with E-state index in [9.17, 15) is 4.79 Å². The molecule has 1 unspecified atom stereocenters. The number of thiophene rings is 1. The number of halogens is 1. The summed E-state index contributed by atoms with van der Waals surface area (Å²) in [5, 5.41) is 5.01. The molecule has 0 spiro atoms. The maximum Gasteiger partial charge on any atom is 0.220 e. The van der Waals surface area contributed by atoms with Gasteiger partial charge in [-0.3, -0.25) is 4.79 Å². The molecule has 0 aliphatic rings. The lowest BCUT2D eigenvalue weighted by molar-refractivity contribution is -0.121. The van der Waals surface area contributed by atoms with Gasteiger partial charge in [-0.2, -0.15) is 0 Å². The minimum atomic E-state index is -0.155. The van der Waals surface area contributed by atoms with Gasteiger partial charge in [0.1, 0.15) is 0 Å². The van der Waals surface area contributed by atoms with Crippen LogP contribution in [-0.2, 0) is 11.2 Å². The predicted molar refractivity (Wildman–Crippen MR) is 105 cm³/mol. The van der Waals surface area contributed by atoms with Gasteiger partial charge in [-0.05, 0) is 41.3 Å². The molecule has 24 heavy (non-hydrogen) atoms. The molecule has 0 bridgehead atoms. The van der Waals surface area contributed by atoms with Crippen LogP contribution in [0.1, 0.15) is 54.7 Å². The molecular formula is C19H27ClN2OS. The van der Waals surface area contributed by atoms with Crippen LogP contribution in [0, 0.1) is 0 Å². The number of aryl methyl sites for hydroxylation is 1. The Labute approximate surface area is 155 Å². The average Bonchev–Trinajstić information content (AvgIpc) is 3.06. The third-order valence-corrected chi connectivity index (χ3v) is 4.89. The first-order valence-corrected chi connectivity index (χ1v) is 9.08. The molecule has 1 heterocycles. The molecule has 0 saturated carbocycles. The lowest BCUT2D eigenvalue weighted by Gasteiger charge is -2.14. The van der Waals surface area contributed by atoms with Crippen molar-refractivity contribution in [3.63, 3.8) is 0 Å². The van der Waals surface area contributed by atoms with Gasteiger partial charge >= 0.3 is 0 Å². The molecule has 3 nitrogen and oxygen atoms in total. The van der Waals surface area contributed by atoms with E-state index in [1.807, 2.05) is 6.07 Å². The standard InChI is InChI=1S/C19H26N2OS.ClH/c1-14(2)15-8-10-16(11-9-15)18(20)13-21-19(22)7-3-5-17-6-4-12-23-17;/h4,6,8-12,14,18H,3,5,7,13,20H2,1-2H3,(H,21,22);1H. The van der Waals surface area contributed by atoms with Crippen molar-refractivity contribution in [3.8, 4) is 0 Å². The van der Waals surface area contributed by atoms with E-state index < -0.39 is 0 Å². The number of hydrogen-bond donors (Lipinski definition) is 2. The van der Waals surface area contributed by atoms with Crippen LogP contribution in [0.4, 0.5) is 0 Å². The molecule has 1 aromatic carbocycles. The number of carbonyl (C=O) groups excluding carboxylic acids is 1. The number of carbonyl (C=O) groups is 1. The van der Waals surface area contributed by atoms with Gasteiger partial charge in [-0.1, -0.05) is 44.2 Å². The van der Waals surface area contributed by atoms with Crippen LogP contribution >= 0.6 is 23.7 Å². The molecule has 0 saturated heterocycles. The zero-order valence-electron chi connectivity index (χ0n) is 14.3. The van der Waals surface area contributed by atoms with Crippen LogP contribution < -0.4 is 11.1 Å². The molecule has 1 aromatic heterocycles. The number of hydrogen-bond acceptors (Lipinski definition) is 3. The van der Waals surface area contributed by atoms with Crippen molar-refractivity contribution in [1.82, 2.24) is 5.32 Å². The van der Waals surface area contributed by atoms with Crippen LogP contribution in [0.3, 0.4) is 0 Å². The maximum atomic E-state index is 11.9. The average molecular weight is 367 g/mol. The summed E-state index contributed by atoms with van der Waals surface area (Å²) in [5.74, 6) is 0.596. The Morgan fingerprint density at radius 3 is 2.42 bits per heavy atom. The molecule has 3 N–H and O–H groups in total.